The molecule has 2 aromatic rings. The fraction of sp³-hybridized carbons (Fsp3) is 0.452. The maximum Gasteiger partial charge on any atom is 1.00 e. The Morgan fingerprint density at radius 2 is 1.21 bits per heavy atom. The van der Waals surface area contributed by atoms with Crippen LogP contribution in [0.5, 0.6) is 0 Å². The van der Waals surface area contributed by atoms with Crippen LogP contribution in [0.3, 0.4) is 0 Å². The molecule has 0 unspecified atom stereocenters. The maximum absolute atomic E-state index is 12.5. The van der Waals surface area contributed by atoms with Crippen LogP contribution in [-0.2, 0) is 70.8 Å². The van der Waals surface area contributed by atoms with Gasteiger partial charge in [-0.15, -0.1) is 0 Å². The van der Waals surface area contributed by atoms with Crippen molar-refractivity contribution in [3.63, 3.8) is 0 Å². The molecule has 20 nitrogen and oxygen atoms in total. The van der Waals surface area contributed by atoms with Gasteiger partial charge in [-0.2, -0.15) is 17.3 Å². The van der Waals surface area contributed by atoms with E-state index in [4.69, 9.17) is 0 Å². The molecular formula is C31H36N2Na5O18S6+. The van der Waals surface area contributed by atoms with E-state index < -0.39 is 93.3 Å². The fourth-order valence-corrected chi connectivity index (χ4v) is 11.2. The number of unbranched alkanes of at least 4 members (excludes halogenated alkanes) is 2. The maximum atomic E-state index is 12.5. The van der Waals surface area contributed by atoms with Crippen LogP contribution >= 0.6 is 12.0 Å². The molecule has 0 aliphatic carbocycles. The van der Waals surface area contributed by atoms with Gasteiger partial charge >= 0.3 is 148 Å². The zero-order valence-corrected chi connectivity index (χ0v) is 50.3. The summed E-state index contributed by atoms with van der Waals surface area (Å²) >= 11 is 0.378. The molecule has 1 N–H and O–H groups in total. The summed E-state index contributed by atoms with van der Waals surface area (Å²) in [6.07, 6.45) is 3.81. The van der Waals surface area contributed by atoms with Gasteiger partial charge in [-0.25, -0.2) is 33.7 Å². The van der Waals surface area contributed by atoms with E-state index in [1.165, 1.54) is 47.6 Å². The molecule has 2 aliphatic rings. The number of nitrogens with zero attached hydrogens (tertiary/aromatic N) is 2. The van der Waals surface area contributed by atoms with Gasteiger partial charge in [0.15, 0.2) is 5.71 Å². The number of rotatable bonds is 18. The van der Waals surface area contributed by atoms with Crippen LogP contribution in [0.15, 0.2) is 67.8 Å². The topological polar surface area (TPSA) is 331 Å². The summed E-state index contributed by atoms with van der Waals surface area (Å²) in [5, 5.41) is 14.2. The van der Waals surface area contributed by atoms with E-state index >= 15 is 0 Å². The average molecular weight is 1030 g/mol. The van der Waals surface area contributed by atoms with Crippen molar-refractivity contribution in [2.75, 3.05) is 29.5 Å². The normalized spacial score (nSPS) is 16.4. The van der Waals surface area contributed by atoms with Crippen molar-refractivity contribution in [2.24, 2.45) is 0 Å². The molecule has 0 bridgehead atoms. The van der Waals surface area contributed by atoms with Crippen molar-refractivity contribution in [1.82, 2.24) is 0 Å². The van der Waals surface area contributed by atoms with E-state index in [-0.39, 0.29) is 220 Å². The van der Waals surface area contributed by atoms with Crippen molar-refractivity contribution in [2.45, 2.75) is 83.8 Å². The van der Waals surface area contributed by atoms with E-state index in [1.807, 2.05) is 0 Å². The minimum Gasteiger partial charge on any atom is -0.748 e. The molecule has 0 atom stereocenters. The molecule has 2 aliphatic heterocycles. The Hall–Kier alpha value is 2.17. The van der Waals surface area contributed by atoms with Crippen LogP contribution in [0, 0.1) is 0 Å². The van der Waals surface area contributed by atoms with Gasteiger partial charge in [0.05, 0.1) is 59.3 Å². The van der Waals surface area contributed by atoms with Gasteiger partial charge in [-0.3, -0.25) is 9.59 Å². The third-order valence-electron chi connectivity index (χ3n) is 9.39. The summed E-state index contributed by atoms with van der Waals surface area (Å²) in [6.45, 7) is 5.61. The molecule has 318 valence electrons. The Morgan fingerprint density at radius 3 is 1.71 bits per heavy atom. The van der Waals surface area contributed by atoms with Crippen LogP contribution in [0.25, 0.3) is 0 Å². The molecule has 2 heterocycles. The number of anilines is 1. The molecule has 2 aromatic carbocycles. The molecular weight excluding hydrogens is 996 g/mol. The Balaban J connectivity index is 0. The summed E-state index contributed by atoms with van der Waals surface area (Å²) in [7, 11) is -24.9. The monoisotopic (exact) mass is 1030 g/mol. The second kappa shape index (κ2) is 25.3. The zero-order valence-electron chi connectivity index (χ0n) is 35.4. The molecule has 0 amide bonds. The predicted octanol–water partition coefficient (Wildman–Crippen LogP) is -13.7. The standard InChI is InChI=1S/C31H40N2O18S6.5Na/c1-30(2)24(32(16-5-7-18-53(35,36)37)28-20(52-51-50-34)12-13-21(26(28)30)55(41,42)43)10-9-11-25-31(3,4)27-22(56(44,45)46)14-15-23(57(47,48)49)29(27)33(25)17-6-8-19-54(38,39)40;;;;;/h9-15H,5-8,16-19H2,1-4H3,(H5-,34,35,36,37,38,39,40,41,42,43,44,45,46,47,48,49);;;;;/q;5*+1/p-4. The van der Waals surface area contributed by atoms with Crippen LogP contribution in [0.1, 0.15) is 64.5 Å². The molecule has 0 aromatic heterocycles. The SMILES string of the molecule is CC1(C)C(C=C/C=C2/N(CCCCS(=O)(=O)O)c3c(SOO[O-])ccc(S(=O)(=O)[O-])c3C2(C)C)=[N+](CCCCS(=O)(=O)[O-])c2c(S(=O)(=O)[O-])ccc(S(=O)(=O)[O-])c21.[Na+].[Na+].[Na+].[Na+].[Na+]. The summed E-state index contributed by atoms with van der Waals surface area (Å²) < 4.78 is 184. The Kier molecular flexibility index (Phi) is 27.1. The minimum absolute atomic E-state index is 0. The Bertz CT molecular complexity index is 2620. The number of hydrogen-bond acceptors (Lipinski definition) is 19. The molecule has 31 heteroatoms. The first-order chi connectivity index (χ1) is 25.9. The van der Waals surface area contributed by atoms with Gasteiger partial charge in [0, 0.05) is 41.5 Å². The average Bonchev–Trinajstić information content (AvgIpc) is 3.40. The van der Waals surface area contributed by atoms with Crippen molar-refractivity contribution in [1.29, 1.82) is 0 Å². The van der Waals surface area contributed by atoms with E-state index in [1.54, 1.807) is 13.8 Å². The molecule has 0 saturated carbocycles. The van der Waals surface area contributed by atoms with Gasteiger partial charge in [0.25, 0.3) is 10.1 Å². The van der Waals surface area contributed by atoms with Gasteiger partial charge in [0.2, 0.25) is 5.69 Å². The fourth-order valence-electron chi connectivity index (χ4n) is 7.15. The van der Waals surface area contributed by atoms with E-state index in [9.17, 15) is 70.1 Å². The summed E-state index contributed by atoms with van der Waals surface area (Å²) in [5.41, 5.74) is -3.36. The molecule has 4 rings (SSSR count). The zero-order chi connectivity index (χ0) is 43.2. The first kappa shape index (κ1) is 66.3. The number of hydrogen-bond donors (Lipinski definition) is 1. The second-order valence-electron chi connectivity index (χ2n) is 14.0. The third-order valence-corrected chi connectivity index (χ3v) is 14.2. The summed E-state index contributed by atoms with van der Waals surface area (Å²) in [4.78, 5) is -0.766. The smallest absolute Gasteiger partial charge is 0.748 e. The Labute approximate surface area is 476 Å². The van der Waals surface area contributed by atoms with Crippen LogP contribution in [-0.4, -0.2) is 99.7 Å². The predicted molar refractivity (Wildman–Crippen MR) is 195 cm³/mol. The molecule has 62 heavy (non-hydrogen) atoms. The first-order valence-electron chi connectivity index (χ1n) is 16.5. The van der Waals surface area contributed by atoms with Crippen molar-refractivity contribution >= 4 is 79.7 Å². The van der Waals surface area contributed by atoms with Gasteiger partial charge in [0.1, 0.15) is 41.8 Å². The first-order valence-corrected chi connectivity index (χ1v) is 24.7. The van der Waals surface area contributed by atoms with Gasteiger partial charge in [-0.1, -0.05) is 19.9 Å². The molecule has 0 saturated heterocycles. The van der Waals surface area contributed by atoms with Crippen molar-refractivity contribution in [3.8, 4) is 0 Å². The molecule has 0 fully saturated rings. The van der Waals surface area contributed by atoms with Crippen molar-refractivity contribution in [3.05, 3.63) is 59.3 Å². The number of allylic oxidation sites excluding steroid dienone is 4. The van der Waals surface area contributed by atoms with E-state index in [2.05, 4.69) is 9.37 Å². The minimum atomic E-state index is -5.34. The summed E-state index contributed by atoms with van der Waals surface area (Å²) in [6, 6.07) is 3.55. The molecule has 0 radical (unpaired) electrons. The summed E-state index contributed by atoms with van der Waals surface area (Å²) in [5.74, 6) is -1.44. The molecule has 0 spiro atoms. The third kappa shape index (κ3) is 16.1. The second-order valence-corrected chi connectivity index (χ2v) is 21.8. The quantitative estimate of drug-likeness (QED) is 0.0276. The van der Waals surface area contributed by atoms with Crippen molar-refractivity contribution < 1.29 is 232 Å². The van der Waals surface area contributed by atoms with Crippen LogP contribution in [0.4, 0.5) is 11.4 Å². The largest absolute Gasteiger partial charge is 1.00 e. The van der Waals surface area contributed by atoms with E-state index in [0.29, 0.717) is 24.2 Å². The van der Waals surface area contributed by atoms with Crippen LogP contribution < -0.4 is 158 Å². The van der Waals surface area contributed by atoms with E-state index in [0.717, 1.165) is 6.07 Å². The van der Waals surface area contributed by atoms with Gasteiger partial charge < -0.3 is 28.4 Å². The van der Waals surface area contributed by atoms with Crippen LogP contribution in [0.2, 0.25) is 0 Å². The number of benzene rings is 2. The van der Waals surface area contributed by atoms with Gasteiger partial charge in [-0.05, 0) is 63.5 Å². The number of fused-ring (bicyclic) bond motifs is 2. The Morgan fingerprint density at radius 1 is 0.710 bits per heavy atom.